The summed E-state index contributed by atoms with van der Waals surface area (Å²) < 4.78 is 43.3. The van der Waals surface area contributed by atoms with Crippen molar-refractivity contribution in [3.05, 3.63) is 35.7 Å². The van der Waals surface area contributed by atoms with Gasteiger partial charge in [0.15, 0.2) is 5.82 Å². The number of ether oxygens (including phenoxy) is 1. The third-order valence-electron chi connectivity index (χ3n) is 2.43. The van der Waals surface area contributed by atoms with Crippen LogP contribution >= 0.6 is 0 Å². The lowest BCUT2D eigenvalue weighted by Gasteiger charge is -2.09. The summed E-state index contributed by atoms with van der Waals surface area (Å²) in [7, 11) is 0. The van der Waals surface area contributed by atoms with Crippen LogP contribution in [-0.4, -0.2) is 27.8 Å². The second-order valence-electron chi connectivity index (χ2n) is 3.77. The maximum atomic E-state index is 12.9. The molecule has 0 saturated carbocycles. The maximum Gasteiger partial charge on any atom is 0.417 e. The molecule has 20 heavy (non-hydrogen) atoms. The van der Waals surface area contributed by atoms with E-state index < -0.39 is 17.7 Å². The molecule has 0 aliphatic carbocycles. The van der Waals surface area contributed by atoms with Gasteiger partial charge in [-0.05, 0) is 13.0 Å². The minimum absolute atomic E-state index is 0.133. The molecule has 1 N–H and O–H groups in total. The fourth-order valence-electron chi connectivity index (χ4n) is 1.60. The quantitative estimate of drug-likeness (QED) is 0.880. The summed E-state index contributed by atoms with van der Waals surface area (Å²) >= 11 is 0. The van der Waals surface area contributed by atoms with E-state index >= 15 is 0 Å². The van der Waals surface area contributed by atoms with Crippen molar-refractivity contribution in [3.63, 3.8) is 0 Å². The van der Waals surface area contributed by atoms with Gasteiger partial charge in [0.1, 0.15) is 0 Å². The monoisotopic (exact) mass is 285 g/mol. The number of alkyl halides is 3. The highest BCUT2D eigenvalue weighted by Crippen LogP contribution is 2.35. The van der Waals surface area contributed by atoms with E-state index in [9.17, 15) is 18.0 Å². The summed E-state index contributed by atoms with van der Waals surface area (Å²) in [5.74, 6) is -1.21. The Kier molecular flexibility index (Phi) is 3.73. The van der Waals surface area contributed by atoms with Gasteiger partial charge in [-0.3, -0.25) is 5.10 Å². The second kappa shape index (κ2) is 5.32. The maximum absolute atomic E-state index is 12.9. The molecule has 1 aromatic carbocycles. The Morgan fingerprint density at radius 3 is 2.70 bits per heavy atom. The summed E-state index contributed by atoms with van der Waals surface area (Å²) in [6.45, 7) is 1.74. The van der Waals surface area contributed by atoms with Crippen LogP contribution in [0.3, 0.4) is 0 Å². The number of aromatic nitrogens is 3. The summed E-state index contributed by atoms with van der Waals surface area (Å²) in [4.78, 5) is 15.1. The molecule has 0 amide bonds. The predicted molar refractivity (Wildman–Crippen MR) is 62.8 cm³/mol. The molecule has 0 unspecified atom stereocenters. The van der Waals surface area contributed by atoms with Crippen molar-refractivity contribution < 1.29 is 22.7 Å². The first-order valence-corrected chi connectivity index (χ1v) is 5.69. The van der Waals surface area contributed by atoms with Gasteiger partial charge < -0.3 is 4.74 Å². The average Bonchev–Trinajstić information content (AvgIpc) is 2.87. The van der Waals surface area contributed by atoms with Crippen LogP contribution in [0.25, 0.3) is 11.4 Å². The molecule has 0 spiro atoms. The number of H-pyrrole nitrogens is 1. The Hall–Kier alpha value is -2.38. The van der Waals surface area contributed by atoms with E-state index in [0.717, 1.165) is 6.07 Å². The summed E-state index contributed by atoms with van der Waals surface area (Å²) in [6, 6.07) is 4.87. The average molecular weight is 285 g/mol. The predicted octanol–water partition coefficient (Wildman–Crippen LogP) is 2.67. The normalized spacial score (nSPS) is 11.4. The van der Waals surface area contributed by atoms with Crippen molar-refractivity contribution >= 4 is 5.97 Å². The third-order valence-corrected chi connectivity index (χ3v) is 2.43. The summed E-state index contributed by atoms with van der Waals surface area (Å²) in [5.41, 5.74) is -1.07. The number of carbonyl (C=O) groups excluding carboxylic acids is 1. The number of benzene rings is 1. The Labute approximate surface area is 111 Å². The molecular weight excluding hydrogens is 275 g/mol. The summed E-state index contributed by atoms with van der Waals surface area (Å²) in [5, 5.41) is 5.89. The van der Waals surface area contributed by atoms with Gasteiger partial charge in [0, 0.05) is 5.56 Å². The lowest BCUT2D eigenvalue weighted by Crippen LogP contribution is -2.08. The van der Waals surface area contributed by atoms with E-state index in [1.165, 1.54) is 18.2 Å². The molecule has 8 heteroatoms. The van der Waals surface area contributed by atoms with Crippen LogP contribution in [0, 0.1) is 0 Å². The molecule has 0 atom stereocenters. The number of esters is 1. The van der Waals surface area contributed by atoms with Gasteiger partial charge in [0.2, 0.25) is 5.82 Å². The Bertz CT molecular complexity index is 622. The zero-order valence-electron chi connectivity index (χ0n) is 10.4. The molecule has 0 fully saturated rings. The van der Waals surface area contributed by atoms with Crippen LogP contribution in [0.5, 0.6) is 0 Å². The molecule has 0 aliphatic heterocycles. The highest BCUT2D eigenvalue weighted by molar-refractivity contribution is 5.85. The largest absolute Gasteiger partial charge is 0.460 e. The van der Waals surface area contributed by atoms with Crippen molar-refractivity contribution in [3.8, 4) is 11.4 Å². The molecule has 2 rings (SSSR count). The number of rotatable bonds is 3. The van der Waals surface area contributed by atoms with E-state index in [1.807, 2.05) is 0 Å². The van der Waals surface area contributed by atoms with E-state index in [2.05, 4.69) is 19.9 Å². The molecule has 0 bridgehead atoms. The van der Waals surface area contributed by atoms with Gasteiger partial charge in [-0.15, -0.1) is 0 Å². The fourth-order valence-corrected chi connectivity index (χ4v) is 1.60. The summed E-state index contributed by atoms with van der Waals surface area (Å²) in [6.07, 6.45) is -4.53. The molecule has 2 aromatic rings. The van der Waals surface area contributed by atoms with Gasteiger partial charge in [-0.2, -0.15) is 18.3 Å². The van der Waals surface area contributed by atoms with Gasteiger partial charge in [0.25, 0.3) is 0 Å². The topological polar surface area (TPSA) is 67.9 Å². The highest BCUT2D eigenvalue weighted by Gasteiger charge is 2.34. The molecule has 106 valence electrons. The van der Waals surface area contributed by atoms with Gasteiger partial charge >= 0.3 is 12.1 Å². The Morgan fingerprint density at radius 1 is 1.35 bits per heavy atom. The van der Waals surface area contributed by atoms with Crippen molar-refractivity contribution in [1.29, 1.82) is 0 Å². The van der Waals surface area contributed by atoms with Crippen molar-refractivity contribution in [2.24, 2.45) is 0 Å². The number of hydrogen-bond acceptors (Lipinski definition) is 4. The van der Waals surface area contributed by atoms with Gasteiger partial charge in [0.05, 0.1) is 12.2 Å². The SMILES string of the molecule is CCOC(=O)c1nc(-c2ccccc2C(F)(F)F)n[nH]1. The molecular formula is C12H10F3N3O2. The molecule has 0 saturated heterocycles. The van der Waals surface area contributed by atoms with E-state index in [0.29, 0.717) is 0 Å². The van der Waals surface area contributed by atoms with Crippen LogP contribution in [0.4, 0.5) is 13.2 Å². The molecule has 1 aromatic heterocycles. The van der Waals surface area contributed by atoms with Crippen LogP contribution in [0.15, 0.2) is 24.3 Å². The Balaban J connectivity index is 2.41. The van der Waals surface area contributed by atoms with Crippen molar-refractivity contribution in [2.75, 3.05) is 6.61 Å². The number of aromatic amines is 1. The number of hydrogen-bond donors (Lipinski definition) is 1. The number of carbonyl (C=O) groups is 1. The standard InChI is InChI=1S/C12H10F3N3O2/c1-2-20-11(19)10-16-9(17-18-10)7-5-3-4-6-8(7)12(13,14)15/h3-6H,2H2,1H3,(H,16,17,18). The third kappa shape index (κ3) is 2.79. The minimum atomic E-state index is -4.53. The number of nitrogens with zero attached hydrogens (tertiary/aromatic N) is 2. The van der Waals surface area contributed by atoms with Crippen LogP contribution in [0.1, 0.15) is 23.1 Å². The first-order valence-electron chi connectivity index (χ1n) is 5.69. The van der Waals surface area contributed by atoms with E-state index in [-0.39, 0.29) is 23.8 Å². The van der Waals surface area contributed by atoms with Crippen LogP contribution < -0.4 is 0 Å². The second-order valence-corrected chi connectivity index (χ2v) is 3.77. The molecule has 1 heterocycles. The minimum Gasteiger partial charge on any atom is -0.460 e. The zero-order valence-corrected chi connectivity index (χ0v) is 10.4. The molecule has 5 nitrogen and oxygen atoms in total. The zero-order chi connectivity index (χ0) is 14.8. The highest BCUT2D eigenvalue weighted by atomic mass is 19.4. The number of halogens is 3. The lowest BCUT2D eigenvalue weighted by atomic mass is 10.1. The fraction of sp³-hybridized carbons (Fsp3) is 0.250. The number of nitrogens with one attached hydrogen (secondary N) is 1. The smallest absolute Gasteiger partial charge is 0.417 e. The van der Waals surface area contributed by atoms with E-state index in [1.54, 1.807) is 6.92 Å². The lowest BCUT2D eigenvalue weighted by molar-refractivity contribution is -0.137. The van der Waals surface area contributed by atoms with Crippen LogP contribution in [-0.2, 0) is 10.9 Å². The van der Waals surface area contributed by atoms with Crippen molar-refractivity contribution in [2.45, 2.75) is 13.1 Å². The molecule has 0 aliphatic rings. The van der Waals surface area contributed by atoms with Gasteiger partial charge in [-0.1, -0.05) is 18.2 Å². The van der Waals surface area contributed by atoms with Crippen LogP contribution in [0.2, 0.25) is 0 Å². The first kappa shape index (κ1) is 14.0. The first-order chi connectivity index (χ1) is 9.43. The van der Waals surface area contributed by atoms with Crippen molar-refractivity contribution in [1.82, 2.24) is 15.2 Å². The Morgan fingerprint density at radius 2 is 2.05 bits per heavy atom. The van der Waals surface area contributed by atoms with Gasteiger partial charge in [-0.25, -0.2) is 9.78 Å². The molecule has 0 radical (unpaired) electrons. The van der Waals surface area contributed by atoms with E-state index in [4.69, 9.17) is 0 Å².